The molecule has 1 aliphatic carbocycles. The summed E-state index contributed by atoms with van der Waals surface area (Å²) in [6.07, 6.45) is -0.560. The van der Waals surface area contributed by atoms with E-state index in [1.807, 2.05) is 0 Å². The van der Waals surface area contributed by atoms with E-state index in [2.05, 4.69) is 0 Å². The van der Waals surface area contributed by atoms with E-state index in [0.717, 1.165) is 6.07 Å². The van der Waals surface area contributed by atoms with Crippen LogP contribution in [-0.4, -0.2) is 42.8 Å². The quantitative estimate of drug-likeness (QED) is 0.913. The van der Waals surface area contributed by atoms with Crippen LogP contribution in [0.3, 0.4) is 0 Å². The predicted octanol–water partition coefficient (Wildman–Crippen LogP) is 2.36. The monoisotopic (exact) mass is 345 g/mol. The normalized spacial score (nSPS) is 27.1. The average Bonchev–Trinajstić information content (AvgIpc) is 2.92. The van der Waals surface area contributed by atoms with E-state index in [9.17, 15) is 22.0 Å². The number of aryl methyl sites for hydroxylation is 1. The number of carboxylic acids is 1. The maximum Gasteiger partial charge on any atom is 0.335 e. The van der Waals surface area contributed by atoms with Crippen LogP contribution >= 0.6 is 0 Å². The number of aromatic carboxylic acids is 1. The Kier molecular flexibility index (Phi) is 3.72. The predicted molar refractivity (Wildman–Crippen MR) is 78.1 cm³/mol. The van der Waals surface area contributed by atoms with Crippen molar-refractivity contribution in [1.29, 1.82) is 0 Å². The van der Waals surface area contributed by atoms with E-state index in [4.69, 9.17) is 5.11 Å². The van der Waals surface area contributed by atoms with Crippen molar-refractivity contribution in [2.45, 2.75) is 30.6 Å². The first-order valence-corrected chi connectivity index (χ1v) is 8.76. The number of nitrogens with zero attached hydrogens (tertiary/aromatic N) is 1. The first-order chi connectivity index (χ1) is 10.6. The molecule has 126 valence electrons. The van der Waals surface area contributed by atoms with Gasteiger partial charge in [-0.1, -0.05) is 6.07 Å². The number of carboxylic acid groups (broad SMARTS) is 1. The van der Waals surface area contributed by atoms with Gasteiger partial charge in [0.05, 0.1) is 10.5 Å². The molecule has 1 aromatic carbocycles. The Morgan fingerprint density at radius 2 is 1.83 bits per heavy atom. The lowest BCUT2D eigenvalue weighted by Gasteiger charge is -2.20. The molecule has 0 amide bonds. The van der Waals surface area contributed by atoms with Crippen molar-refractivity contribution in [3.63, 3.8) is 0 Å². The molecule has 3 rings (SSSR count). The number of carbonyl (C=O) groups is 1. The molecule has 2 atom stereocenters. The van der Waals surface area contributed by atoms with Gasteiger partial charge in [-0.15, -0.1) is 0 Å². The van der Waals surface area contributed by atoms with E-state index in [1.54, 1.807) is 6.92 Å². The van der Waals surface area contributed by atoms with Gasteiger partial charge in [-0.2, -0.15) is 4.31 Å². The van der Waals surface area contributed by atoms with Gasteiger partial charge in [-0.3, -0.25) is 0 Å². The second kappa shape index (κ2) is 5.24. The maximum atomic E-state index is 13.4. The van der Waals surface area contributed by atoms with Gasteiger partial charge >= 0.3 is 5.97 Å². The molecular weight excluding hydrogens is 328 g/mol. The largest absolute Gasteiger partial charge is 0.478 e. The average molecular weight is 345 g/mol. The van der Waals surface area contributed by atoms with Crippen LogP contribution < -0.4 is 0 Å². The number of benzene rings is 1. The minimum Gasteiger partial charge on any atom is -0.478 e. The van der Waals surface area contributed by atoms with Crippen LogP contribution in [0, 0.1) is 18.8 Å². The molecule has 1 saturated heterocycles. The Morgan fingerprint density at radius 3 is 2.35 bits per heavy atom. The molecule has 2 fully saturated rings. The van der Waals surface area contributed by atoms with Crippen LogP contribution in [0.25, 0.3) is 0 Å². The summed E-state index contributed by atoms with van der Waals surface area (Å²) in [4.78, 5) is 11.0. The second-order valence-corrected chi connectivity index (χ2v) is 8.30. The molecule has 1 aliphatic heterocycles. The van der Waals surface area contributed by atoms with Gasteiger partial charge in [0.15, 0.2) is 0 Å². The number of alkyl halides is 2. The van der Waals surface area contributed by atoms with Crippen molar-refractivity contribution in [2.75, 3.05) is 13.1 Å². The third kappa shape index (κ3) is 2.85. The summed E-state index contributed by atoms with van der Waals surface area (Å²) in [5.41, 5.74) is 0.331. The van der Waals surface area contributed by atoms with Crippen molar-refractivity contribution in [3.05, 3.63) is 29.3 Å². The second-order valence-electron chi connectivity index (χ2n) is 6.39. The minimum absolute atomic E-state index is 0.0656. The van der Waals surface area contributed by atoms with Crippen molar-refractivity contribution in [2.24, 2.45) is 11.8 Å². The molecule has 0 bridgehead atoms. The lowest BCUT2D eigenvalue weighted by atomic mass is 10.0. The summed E-state index contributed by atoms with van der Waals surface area (Å²) in [5, 5.41) is 9.03. The fourth-order valence-electron chi connectivity index (χ4n) is 3.56. The summed E-state index contributed by atoms with van der Waals surface area (Å²) in [7, 11) is -3.88. The standard InChI is InChI=1S/C15H17F2NO4S/c1-9-2-3-10(14(19)20)4-13(9)23(21,22)18-7-11-5-15(16,17)6-12(11)8-18/h2-4,11-12H,5-8H2,1H3,(H,19,20)/t11-,12+. The van der Waals surface area contributed by atoms with Gasteiger partial charge in [0.25, 0.3) is 0 Å². The Bertz CT molecular complexity index is 747. The van der Waals surface area contributed by atoms with Crippen LogP contribution in [0.4, 0.5) is 8.78 Å². The Labute approximate surface area is 133 Å². The molecule has 1 aromatic rings. The van der Waals surface area contributed by atoms with E-state index in [1.165, 1.54) is 16.4 Å². The summed E-state index contributed by atoms with van der Waals surface area (Å²) in [6, 6.07) is 3.92. The lowest BCUT2D eigenvalue weighted by Crippen LogP contribution is -2.31. The third-order valence-corrected chi connectivity index (χ3v) is 6.69. The SMILES string of the molecule is Cc1ccc(C(=O)O)cc1S(=O)(=O)N1C[C@@H]2CC(F)(F)C[C@@H]2C1. The van der Waals surface area contributed by atoms with Crippen LogP contribution in [0.1, 0.15) is 28.8 Å². The molecule has 1 heterocycles. The highest BCUT2D eigenvalue weighted by Crippen LogP contribution is 2.47. The topological polar surface area (TPSA) is 74.7 Å². The zero-order valence-corrected chi connectivity index (χ0v) is 13.3. The summed E-state index contributed by atoms with van der Waals surface area (Å²) >= 11 is 0. The zero-order valence-electron chi connectivity index (χ0n) is 12.5. The molecule has 0 radical (unpaired) electrons. The van der Waals surface area contributed by atoms with Gasteiger partial charge < -0.3 is 5.11 Å². The van der Waals surface area contributed by atoms with E-state index < -0.39 is 21.9 Å². The Balaban J connectivity index is 1.89. The van der Waals surface area contributed by atoms with Gasteiger partial charge in [0, 0.05) is 25.9 Å². The Hall–Kier alpha value is -1.54. The van der Waals surface area contributed by atoms with Crippen molar-refractivity contribution < 1.29 is 27.1 Å². The number of fused-ring (bicyclic) bond motifs is 1. The number of hydrogen-bond donors (Lipinski definition) is 1. The molecule has 1 saturated carbocycles. The molecule has 8 heteroatoms. The number of rotatable bonds is 3. The lowest BCUT2D eigenvalue weighted by molar-refractivity contribution is -0.000631. The fraction of sp³-hybridized carbons (Fsp3) is 0.533. The van der Waals surface area contributed by atoms with Gasteiger partial charge in [0.1, 0.15) is 0 Å². The minimum atomic E-state index is -3.88. The number of hydrogen-bond acceptors (Lipinski definition) is 3. The summed E-state index contributed by atoms with van der Waals surface area (Å²) < 4.78 is 53.5. The van der Waals surface area contributed by atoms with Crippen LogP contribution in [0.2, 0.25) is 0 Å². The Morgan fingerprint density at radius 1 is 1.26 bits per heavy atom. The van der Waals surface area contributed by atoms with Crippen molar-refractivity contribution in [1.82, 2.24) is 4.31 Å². The van der Waals surface area contributed by atoms with Crippen molar-refractivity contribution >= 4 is 16.0 Å². The van der Waals surface area contributed by atoms with E-state index in [0.29, 0.717) is 5.56 Å². The highest BCUT2D eigenvalue weighted by atomic mass is 32.2. The van der Waals surface area contributed by atoms with E-state index in [-0.39, 0.29) is 48.2 Å². The van der Waals surface area contributed by atoms with Gasteiger partial charge in [0.2, 0.25) is 15.9 Å². The van der Waals surface area contributed by atoms with Gasteiger partial charge in [-0.25, -0.2) is 22.0 Å². The molecule has 2 aliphatic rings. The first kappa shape index (κ1) is 16.3. The smallest absolute Gasteiger partial charge is 0.335 e. The molecule has 0 spiro atoms. The van der Waals surface area contributed by atoms with Gasteiger partial charge in [-0.05, 0) is 36.5 Å². The van der Waals surface area contributed by atoms with Crippen LogP contribution in [-0.2, 0) is 10.0 Å². The maximum absolute atomic E-state index is 13.4. The fourth-order valence-corrected chi connectivity index (χ4v) is 5.36. The first-order valence-electron chi connectivity index (χ1n) is 7.32. The number of sulfonamides is 1. The molecule has 0 unspecified atom stereocenters. The molecule has 0 aromatic heterocycles. The molecule has 23 heavy (non-hydrogen) atoms. The van der Waals surface area contributed by atoms with E-state index >= 15 is 0 Å². The highest BCUT2D eigenvalue weighted by Gasteiger charge is 2.52. The van der Waals surface area contributed by atoms with Crippen LogP contribution in [0.15, 0.2) is 23.1 Å². The summed E-state index contributed by atoms with van der Waals surface area (Å²) in [6.45, 7) is 1.72. The van der Waals surface area contributed by atoms with Crippen LogP contribution in [0.5, 0.6) is 0 Å². The number of halogens is 2. The summed E-state index contributed by atoms with van der Waals surface area (Å²) in [5.74, 6) is -4.57. The zero-order chi connectivity index (χ0) is 17.0. The van der Waals surface area contributed by atoms with Crippen molar-refractivity contribution in [3.8, 4) is 0 Å². The molecule has 5 nitrogen and oxygen atoms in total. The molecular formula is C15H17F2NO4S. The molecule has 1 N–H and O–H groups in total. The highest BCUT2D eigenvalue weighted by molar-refractivity contribution is 7.89. The third-order valence-electron chi connectivity index (χ3n) is 4.72.